The van der Waals surface area contributed by atoms with Gasteiger partial charge in [0.05, 0.1) is 6.04 Å². The maximum Gasteiger partial charge on any atom is 0.256 e. The topological polar surface area (TPSA) is 35.6 Å². The van der Waals surface area contributed by atoms with E-state index in [1.807, 2.05) is 30.3 Å². The van der Waals surface area contributed by atoms with E-state index < -0.39 is 0 Å². The average molecular weight is 480 g/mol. The summed E-state index contributed by atoms with van der Waals surface area (Å²) >= 11 is 3.46. The molecule has 2 heterocycles. The predicted molar refractivity (Wildman–Crippen MR) is 142 cm³/mol. The molecule has 1 aromatic heterocycles. The number of amides is 1. The van der Waals surface area contributed by atoms with Gasteiger partial charge in [-0.2, -0.15) is 0 Å². The van der Waals surface area contributed by atoms with Crippen LogP contribution in [0.25, 0.3) is 0 Å². The molecule has 33 heavy (non-hydrogen) atoms. The minimum absolute atomic E-state index is 0.0506. The van der Waals surface area contributed by atoms with E-state index in [2.05, 4.69) is 66.4 Å². The number of carbonyl (C=O) groups is 1. The van der Waals surface area contributed by atoms with Gasteiger partial charge in [0.1, 0.15) is 5.00 Å². The summed E-state index contributed by atoms with van der Waals surface area (Å²) in [6, 6.07) is 18.6. The number of rotatable bonds is 7. The Balaban J connectivity index is 1.73. The monoisotopic (exact) mass is 479 g/mol. The van der Waals surface area contributed by atoms with Crippen LogP contribution in [-0.4, -0.2) is 54.7 Å². The molecule has 1 N–H and O–H groups in total. The molecule has 1 fully saturated rings. The first kappa shape index (κ1) is 24.0. The summed E-state index contributed by atoms with van der Waals surface area (Å²) in [7, 11) is 0. The van der Waals surface area contributed by atoms with Crippen molar-refractivity contribution in [3.63, 3.8) is 0 Å². The maximum atomic E-state index is 13.1. The van der Waals surface area contributed by atoms with Crippen LogP contribution in [0, 0.1) is 13.8 Å². The van der Waals surface area contributed by atoms with Crippen molar-refractivity contribution in [2.75, 3.05) is 44.3 Å². The second kappa shape index (κ2) is 10.9. The lowest BCUT2D eigenvalue weighted by Crippen LogP contribution is -2.47. The van der Waals surface area contributed by atoms with Crippen LogP contribution in [-0.2, 0) is 0 Å². The first-order valence-electron chi connectivity index (χ1n) is 11.6. The first-order chi connectivity index (χ1) is 16.0. The number of thioether (sulfide) groups is 1. The summed E-state index contributed by atoms with van der Waals surface area (Å²) in [5, 5.41) is 4.23. The van der Waals surface area contributed by atoms with Crippen LogP contribution < -0.4 is 5.32 Å². The fourth-order valence-corrected chi connectivity index (χ4v) is 6.01. The van der Waals surface area contributed by atoms with Crippen LogP contribution >= 0.6 is 23.1 Å². The quantitative estimate of drug-likeness (QED) is 0.418. The molecule has 1 saturated heterocycles. The Bertz CT molecular complexity index is 1070. The van der Waals surface area contributed by atoms with Crippen LogP contribution in [0.15, 0.2) is 59.5 Å². The predicted octanol–water partition coefficient (Wildman–Crippen LogP) is 6.07. The summed E-state index contributed by atoms with van der Waals surface area (Å²) < 4.78 is 0. The van der Waals surface area contributed by atoms with Gasteiger partial charge in [0.15, 0.2) is 0 Å². The molecule has 3 aromatic rings. The van der Waals surface area contributed by atoms with Crippen molar-refractivity contribution < 1.29 is 4.79 Å². The van der Waals surface area contributed by atoms with Crippen molar-refractivity contribution in [2.24, 2.45) is 0 Å². The number of hydrogen-bond donors (Lipinski definition) is 1. The lowest BCUT2D eigenvalue weighted by molar-refractivity contribution is 0.102. The van der Waals surface area contributed by atoms with Crippen LogP contribution in [0.5, 0.6) is 0 Å². The number of hydrogen-bond acceptors (Lipinski definition) is 5. The Kier molecular flexibility index (Phi) is 7.91. The second-order valence-electron chi connectivity index (χ2n) is 8.49. The van der Waals surface area contributed by atoms with Gasteiger partial charge in [0, 0.05) is 47.1 Å². The van der Waals surface area contributed by atoms with Crippen molar-refractivity contribution in [2.45, 2.75) is 31.7 Å². The van der Waals surface area contributed by atoms with Gasteiger partial charge in [-0.3, -0.25) is 9.69 Å². The van der Waals surface area contributed by atoms with E-state index in [1.165, 1.54) is 26.5 Å². The highest BCUT2D eigenvalue weighted by atomic mass is 32.2. The Morgan fingerprint density at radius 2 is 1.70 bits per heavy atom. The number of likely N-dealkylation sites (N-methyl/N-ethyl adjacent to an activating group) is 1. The van der Waals surface area contributed by atoms with Crippen LogP contribution in [0.1, 0.15) is 44.9 Å². The molecule has 1 aliphatic rings. The maximum absolute atomic E-state index is 13.1. The number of aryl methyl sites for hydroxylation is 1. The molecule has 1 aliphatic heterocycles. The Labute approximate surface area is 206 Å². The van der Waals surface area contributed by atoms with E-state index in [0.717, 1.165) is 37.7 Å². The molecule has 4 nitrogen and oxygen atoms in total. The number of nitrogens with one attached hydrogen (secondary N) is 1. The minimum Gasteiger partial charge on any atom is -0.313 e. The second-order valence-corrected chi connectivity index (χ2v) is 10.6. The lowest BCUT2D eigenvalue weighted by atomic mass is 9.94. The van der Waals surface area contributed by atoms with Crippen molar-refractivity contribution in [3.05, 3.63) is 81.7 Å². The molecule has 4 rings (SSSR count). The highest BCUT2D eigenvalue weighted by Crippen LogP contribution is 2.43. The number of benzene rings is 2. The van der Waals surface area contributed by atoms with Crippen LogP contribution in [0.3, 0.4) is 0 Å². The third-order valence-electron chi connectivity index (χ3n) is 6.62. The zero-order chi connectivity index (χ0) is 23.4. The third-order valence-corrected chi connectivity index (χ3v) is 8.50. The number of nitrogens with zero attached hydrogens (tertiary/aromatic N) is 2. The lowest BCUT2D eigenvalue weighted by Gasteiger charge is -2.39. The largest absolute Gasteiger partial charge is 0.313 e. The Morgan fingerprint density at radius 3 is 2.30 bits per heavy atom. The smallest absolute Gasteiger partial charge is 0.256 e. The van der Waals surface area contributed by atoms with Crippen molar-refractivity contribution >= 4 is 34.0 Å². The average Bonchev–Trinajstić information content (AvgIpc) is 3.13. The molecule has 0 aliphatic carbocycles. The van der Waals surface area contributed by atoms with Gasteiger partial charge in [0.2, 0.25) is 0 Å². The molecule has 2 aromatic carbocycles. The van der Waals surface area contributed by atoms with Crippen molar-refractivity contribution in [1.29, 1.82) is 0 Å². The summed E-state index contributed by atoms with van der Waals surface area (Å²) in [4.78, 5) is 20.7. The Morgan fingerprint density at radius 1 is 1.03 bits per heavy atom. The van der Waals surface area contributed by atoms with Gasteiger partial charge in [0.25, 0.3) is 5.91 Å². The standard InChI is InChI=1S/C27H33N3OS2/c1-5-29-15-17-30(18-16-29)25(21-11-13-23(32-4)14-12-21)24-19(2)20(3)33-27(24)28-26(31)22-9-7-6-8-10-22/h6-14,25H,5,15-18H2,1-4H3,(H,28,31)/t25-/m0/s1. The highest BCUT2D eigenvalue weighted by molar-refractivity contribution is 7.98. The normalized spacial score (nSPS) is 16.0. The molecule has 6 heteroatoms. The SMILES string of the molecule is CCN1CCN([C@@H](c2ccc(SC)cc2)c2c(NC(=O)c3ccccc3)sc(C)c2C)CC1. The molecule has 0 bridgehead atoms. The van der Waals surface area contributed by atoms with Gasteiger partial charge < -0.3 is 10.2 Å². The number of piperazine rings is 1. The van der Waals surface area contributed by atoms with Gasteiger partial charge in [-0.25, -0.2) is 0 Å². The van der Waals surface area contributed by atoms with Crippen molar-refractivity contribution in [3.8, 4) is 0 Å². The fourth-order valence-electron chi connectivity index (χ4n) is 4.52. The van der Waals surface area contributed by atoms with E-state index >= 15 is 0 Å². The van der Waals surface area contributed by atoms with E-state index in [9.17, 15) is 4.79 Å². The minimum atomic E-state index is -0.0506. The third kappa shape index (κ3) is 5.35. The van der Waals surface area contributed by atoms with Gasteiger partial charge in [-0.15, -0.1) is 23.1 Å². The number of anilines is 1. The molecule has 0 unspecified atom stereocenters. The van der Waals surface area contributed by atoms with Gasteiger partial charge in [-0.05, 0) is 62.0 Å². The van der Waals surface area contributed by atoms with Gasteiger partial charge in [-0.1, -0.05) is 37.3 Å². The summed E-state index contributed by atoms with van der Waals surface area (Å²) in [6.45, 7) is 11.9. The Hall–Kier alpha value is -2.12. The molecule has 174 valence electrons. The van der Waals surface area contributed by atoms with Gasteiger partial charge >= 0.3 is 0 Å². The molecule has 0 spiro atoms. The number of carbonyl (C=O) groups excluding carboxylic acids is 1. The number of thiophene rings is 1. The van der Waals surface area contributed by atoms with E-state index in [1.54, 1.807) is 23.1 Å². The summed E-state index contributed by atoms with van der Waals surface area (Å²) in [5.74, 6) is -0.0506. The zero-order valence-electron chi connectivity index (χ0n) is 19.9. The van der Waals surface area contributed by atoms with Crippen LogP contribution in [0.4, 0.5) is 5.00 Å². The summed E-state index contributed by atoms with van der Waals surface area (Å²) in [5.41, 5.74) is 4.49. The van der Waals surface area contributed by atoms with E-state index in [4.69, 9.17) is 0 Å². The van der Waals surface area contributed by atoms with E-state index in [0.29, 0.717) is 5.56 Å². The zero-order valence-corrected chi connectivity index (χ0v) is 21.6. The molecule has 0 saturated carbocycles. The fraction of sp³-hybridized carbons (Fsp3) is 0.370. The van der Waals surface area contributed by atoms with Crippen LogP contribution in [0.2, 0.25) is 0 Å². The van der Waals surface area contributed by atoms with Crippen molar-refractivity contribution in [1.82, 2.24) is 9.80 Å². The molecule has 0 radical (unpaired) electrons. The molecular formula is C27H33N3OS2. The highest BCUT2D eigenvalue weighted by Gasteiger charge is 2.31. The molecule has 1 atom stereocenters. The van der Waals surface area contributed by atoms with E-state index in [-0.39, 0.29) is 11.9 Å². The molecule has 1 amide bonds. The summed E-state index contributed by atoms with van der Waals surface area (Å²) in [6.07, 6.45) is 2.11. The first-order valence-corrected chi connectivity index (χ1v) is 13.6. The molecular weight excluding hydrogens is 446 g/mol.